The first kappa shape index (κ1) is 27.3. The lowest BCUT2D eigenvalue weighted by molar-refractivity contribution is -0.126. The molecule has 0 aliphatic heterocycles. The summed E-state index contributed by atoms with van der Waals surface area (Å²) in [6.07, 6.45) is 0.206. The highest BCUT2D eigenvalue weighted by Crippen LogP contribution is 2.11. The fraction of sp³-hybridized carbons (Fsp3) is 0.321. The van der Waals surface area contributed by atoms with Crippen molar-refractivity contribution < 1.29 is 24.6 Å². The molecule has 0 bridgehead atoms. The molecule has 7 heteroatoms. The van der Waals surface area contributed by atoms with Crippen LogP contribution in [0.4, 0.5) is 5.69 Å². The Balaban J connectivity index is 1.94. The van der Waals surface area contributed by atoms with Crippen LogP contribution in [0.25, 0.3) is 0 Å². The first-order valence-corrected chi connectivity index (χ1v) is 11.3. The van der Waals surface area contributed by atoms with Crippen LogP contribution in [0.2, 0.25) is 0 Å². The second-order valence-electron chi connectivity index (χ2n) is 8.45. The van der Waals surface area contributed by atoms with Gasteiger partial charge in [-0.2, -0.15) is 0 Å². The zero-order valence-electron chi connectivity index (χ0n) is 20.1. The van der Waals surface area contributed by atoms with Crippen LogP contribution in [-0.2, 0) is 9.59 Å². The number of carbonyl (C=O) groups excluding carboxylic acids is 3. The number of rotatable bonds is 9. The third-order valence-corrected chi connectivity index (χ3v) is 5.01. The van der Waals surface area contributed by atoms with E-state index < -0.39 is 30.4 Å². The molecule has 182 valence electrons. The van der Waals surface area contributed by atoms with Gasteiger partial charge in [0.15, 0.2) is 5.78 Å². The summed E-state index contributed by atoms with van der Waals surface area (Å²) in [5, 5.41) is 23.9. The van der Waals surface area contributed by atoms with Gasteiger partial charge in [0.05, 0.1) is 6.10 Å². The van der Waals surface area contributed by atoms with E-state index >= 15 is 0 Å². The predicted molar refractivity (Wildman–Crippen MR) is 134 cm³/mol. The van der Waals surface area contributed by atoms with Gasteiger partial charge in [-0.3, -0.25) is 14.4 Å². The van der Waals surface area contributed by atoms with Gasteiger partial charge in [-0.05, 0) is 79.6 Å². The molecule has 0 aromatic heterocycles. The van der Waals surface area contributed by atoms with Gasteiger partial charge in [-0.15, -0.1) is 0 Å². The van der Waals surface area contributed by atoms with Gasteiger partial charge in [-0.1, -0.05) is 25.7 Å². The molecular weight excluding hydrogens is 444 g/mol. The van der Waals surface area contributed by atoms with Crippen molar-refractivity contribution in [2.45, 2.75) is 45.8 Å². The summed E-state index contributed by atoms with van der Waals surface area (Å²) in [6.45, 7) is 4.75. The maximum absolute atomic E-state index is 12.3. The van der Waals surface area contributed by atoms with E-state index in [9.17, 15) is 19.5 Å². The predicted octanol–water partition coefficient (Wildman–Crippen LogP) is 2.51. The van der Waals surface area contributed by atoms with E-state index in [1.807, 2.05) is 12.1 Å². The molecule has 4 N–H and O–H groups in total. The molecular formula is C28H30N2O5. The molecule has 0 saturated heterocycles. The van der Waals surface area contributed by atoms with Crippen molar-refractivity contribution in [1.29, 1.82) is 0 Å². The molecule has 0 spiro atoms. The molecule has 0 aliphatic rings. The zero-order valence-corrected chi connectivity index (χ0v) is 20.1. The smallest absolute Gasteiger partial charge is 0.251 e. The summed E-state index contributed by atoms with van der Waals surface area (Å²) >= 11 is 0. The number of aliphatic hydroxyl groups is 2. The number of hydrogen-bond acceptors (Lipinski definition) is 5. The zero-order chi connectivity index (χ0) is 25.8. The minimum Gasteiger partial charge on any atom is -0.391 e. The molecule has 2 amide bonds. The van der Waals surface area contributed by atoms with Crippen LogP contribution in [0.15, 0.2) is 48.5 Å². The summed E-state index contributed by atoms with van der Waals surface area (Å²) in [4.78, 5) is 35.9. The third-order valence-electron chi connectivity index (χ3n) is 5.01. The van der Waals surface area contributed by atoms with Gasteiger partial charge < -0.3 is 20.8 Å². The Morgan fingerprint density at radius 2 is 1.43 bits per heavy atom. The Hall–Kier alpha value is -3.91. The first-order chi connectivity index (χ1) is 16.7. The van der Waals surface area contributed by atoms with Crippen LogP contribution in [-0.4, -0.2) is 46.6 Å². The van der Waals surface area contributed by atoms with Crippen molar-refractivity contribution >= 4 is 23.3 Å². The van der Waals surface area contributed by atoms with Crippen LogP contribution in [0.3, 0.4) is 0 Å². The minimum atomic E-state index is -1.18. The lowest BCUT2D eigenvalue weighted by atomic mass is 10.1. The summed E-state index contributed by atoms with van der Waals surface area (Å²) < 4.78 is 0. The fourth-order valence-corrected chi connectivity index (χ4v) is 2.98. The molecule has 0 saturated carbocycles. The standard InChI is InChI=1S/C28H30N2O5/c1-19(2)8-17-26(34)29-24-15-11-22(12-16-24)7-5-4-6-21-9-13-23(14-10-21)28(35)30-27(20(3)32)25(33)18-31/h9-16,19-20,27,31-32H,8,17-18H2,1-3H3,(H,29,34)(H,30,35)/t20-,27+/m1/s1. The lowest BCUT2D eigenvalue weighted by Gasteiger charge is -2.19. The van der Waals surface area contributed by atoms with Crippen molar-refractivity contribution in [3.8, 4) is 23.7 Å². The van der Waals surface area contributed by atoms with Gasteiger partial charge in [-0.25, -0.2) is 0 Å². The number of benzene rings is 2. The molecule has 2 aromatic rings. The van der Waals surface area contributed by atoms with E-state index in [4.69, 9.17) is 5.11 Å². The van der Waals surface area contributed by atoms with E-state index in [1.165, 1.54) is 6.92 Å². The normalized spacial score (nSPS) is 11.8. The topological polar surface area (TPSA) is 116 Å². The first-order valence-electron chi connectivity index (χ1n) is 11.3. The monoisotopic (exact) mass is 474 g/mol. The van der Waals surface area contributed by atoms with E-state index in [0.29, 0.717) is 17.9 Å². The Kier molecular flexibility index (Phi) is 10.7. The van der Waals surface area contributed by atoms with Gasteiger partial charge in [0.25, 0.3) is 5.91 Å². The Morgan fingerprint density at radius 3 is 1.91 bits per heavy atom. The highest BCUT2D eigenvalue weighted by molar-refractivity contribution is 5.98. The summed E-state index contributed by atoms with van der Waals surface area (Å²) in [7, 11) is 0. The quantitative estimate of drug-likeness (QED) is 0.417. The van der Waals surface area contributed by atoms with Crippen molar-refractivity contribution in [3.05, 3.63) is 65.2 Å². The number of amides is 2. The minimum absolute atomic E-state index is 0.00618. The Morgan fingerprint density at radius 1 is 0.886 bits per heavy atom. The largest absolute Gasteiger partial charge is 0.391 e. The average molecular weight is 475 g/mol. The van der Waals surface area contributed by atoms with Gasteiger partial charge in [0.2, 0.25) is 5.91 Å². The van der Waals surface area contributed by atoms with Crippen molar-refractivity contribution in [2.24, 2.45) is 5.92 Å². The van der Waals surface area contributed by atoms with Crippen molar-refractivity contribution in [1.82, 2.24) is 5.32 Å². The van der Waals surface area contributed by atoms with Crippen molar-refractivity contribution in [3.63, 3.8) is 0 Å². The highest BCUT2D eigenvalue weighted by Gasteiger charge is 2.25. The van der Waals surface area contributed by atoms with E-state index in [1.54, 1.807) is 36.4 Å². The third kappa shape index (κ3) is 9.46. The SMILES string of the molecule is CC(C)CCC(=O)Nc1ccc(C#CC#Cc2ccc(C(=O)N[C@H](C(=O)CO)[C@@H](C)O)cc2)cc1. The van der Waals surface area contributed by atoms with E-state index in [0.717, 1.165) is 17.7 Å². The number of aliphatic hydroxyl groups excluding tert-OH is 2. The number of nitrogens with one attached hydrogen (secondary N) is 2. The molecule has 2 atom stereocenters. The molecule has 0 fully saturated rings. The molecule has 2 rings (SSSR count). The molecule has 2 aromatic carbocycles. The lowest BCUT2D eigenvalue weighted by Crippen LogP contribution is -2.48. The summed E-state index contributed by atoms with van der Waals surface area (Å²) in [5.74, 6) is 10.6. The fourth-order valence-electron chi connectivity index (χ4n) is 2.98. The van der Waals surface area contributed by atoms with Gasteiger partial charge in [0.1, 0.15) is 12.6 Å². The maximum atomic E-state index is 12.3. The van der Waals surface area contributed by atoms with Gasteiger partial charge in [0, 0.05) is 28.8 Å². The molecule has 0 heterocycles. The summed E-state index contributed by atoms with van der Waals surface area (Å²) in [6, 6.07) is 12.4. The van der Waals surface area contributed by atoms with Crippen LogP contribution in [0.5, 0.6) is 0 Å². The Bertz CT molecular complexity index is 1140. The number of carbonyl (C=O) groups is 3. The van der Waals surface area contributed by atoms with E-state index in [-0.39, 0.29) is 11.5 Å². The molecule has 0 aliphatic carbocycles. The summed E-state index contributed by atoms with van der Waals surface area (Å²) in [5.41, 5.74) is 2.42. The Labute approximate surface area is 205 Å². The number of anilines is 1. The van der Waals surface area contributed by atoms with Gasteiger partial charge >= 0.3 is 0 Å². The van der Waals surface area contributed by atoms with Crippen LogP contribution in [0.1, 0.15) is 55.1 Å². The molecule has 0 unspecified atom stereocenters. The van der Waals surface area contributed by atoms with E-state index in [2.05, 4.69) is 48.2 Å². The number of hydrogen-bond donors (Lipinski definition) is 4. The second kappa shape index (κ2) is 13.7. The second-order valence-corrected chi connectivity index (χ2v) is 8.45. The van der Waals surface area contributed by atoms with Crippen molar-refractivity contribution in [2.75, 3.05) is 11.9 Å². The van der Waals surface area contributed by atoms with Crippen LogP contribution >= 0.6 is 0 Å². The molecule has 0 radical (unpaired) electrons. The highest BCUT2D eigenvalue weighted by atomic mass is 16.3. The average Bonchev–Trinajstić information content (AvgIpc) is 2.84. The number of Topliss-reactive ketones (excluding diaryl/α,β-unsaturated/α-hetero) is 1. The molecule has 7 nitrogen and oxygen atoms in total. The maximum Gasteiger partial charge on any atom is 0.251 e. The molecule has 35 heavy (non-hydrogen) atoms. The van der Waals surface area contributed by atoms with Crippen LogP contribution in [0, 0.1) is 29.6 Å². The van der Waals surface area contributed by atoms with Crippen LogP contribution < -0.4 is 10.6 Å². The number of ketones is 1.